The van der Waals surface area contributed by atoms with Crippen LogP contribution in [-0.2, 0) is 6.54 Å². The zero-order valence-corrected chi connectivity index (χ0v) is 15.8. The Labute approximate surface area is 159 Å². The summed E-state index contributed by atoms with van der Waals surface area (Å²) in [5.74, 6) is 0.529. The summed E-state index contributed by atoms with van der Waals surface area (Å²) < 4.78 is 5.58. The lowest BCUT2D eigenvalue weighted by Gasteiger charge is -2.24. The first-order chi connectivity index (χ1) is 11.1. The zero-order chi connectivity index (χ0) is 16.7. The molecule has 6 heteroatoms. The zero-order valence-electron chi connectivity index (χ0n) is 13.5. The summed E-state index contributed by atoms with van der Waals surface area (Å²) in [6.07, 6.45) is -0.592. The summed E-state index contributed by atoms with van der Waals surface area (Å²) in [5.41, 5.74) is 1.23. The molecule has 3 nitrogen and oxygen atoms in total. The molecule has 0 aromatic heterocycles. The van der Waals surface area contributed by atoms with Gasteiger partial charge in [0, 0.05) is 18.1 Å². The second-order valence-electron chi connectivity index (χ2n) is 5.35. The molecular formula is C18H22Cl3NO2. The van der Waals surface area contributed by atoms with E-state index < -0.39 is 6.10 Å². The van der Waals surface area contributed by atoms with Gasteiger partial charge in [0.05, 0.1) is 5.02 Å². The number of ether oxygens (including phenoxy) is 1. The normalized spacial score (nSPS) is 11.9. The van der Waals surface area contributed by atoms with Crippen molar-refractivity contribution in [1.29, 1.82) is 0 Å². The Bertz CT molecular complexity index is 610. The molecule has 0 aliphatic rings. The minimum atomic E-state index is -0.592. The van der Waals surface area contributed by atoms with Crippen molar-refractivity contribution in [3.63, 3.8) is 0 Å². The predicted molar refractivity (Wildman–Crippen MR) is 103 cm³/mol. The van der Waals surface area contributed by atoms with Crippen molar-refractivity contribution in [2.75, 3.05) is 19.7 Å². The molecule has 0 amide bonds. The maximum absolute atomic E-state index is 10.2. The Morgan fingerprint density at radius 2 is 1.83 bits per heavy atom. The van der Waals surface area contributed by atoms with Gasteiger partial charge in [-0.25, -0.2) is 0 Å². The average Bonchev–Trinajstić information content (AvgIpc) is 2.54. The van der Waals surface area contributed by atoms with E-state index in [1.165, 1.54) is 5.56 Å². The van der Waals surface area contributed by atoms with E-state index in [0.717, 1.165) is 13.1 Å². The van der Waals surface area contributed by atoms with E-state index in [-0.39, 0.29) is 19.0 Å². The number of halogens is 3. The highest BCUT2D eigenvalue weighted by Crippen LogP contribution is 2.27. The Morgan fingerprint density at radius 3 is 2.46 bits per heavy atom. The predicted octanol–water partition coefficient (Wildman–Crippen LogP) is 4.68. The first-order valence-electron chi connectivity index (χ1n) is 7.60. The minimum absolute atomic E-state index is 0. The van der Waals surface area contributed by atoms with Gasteiger partial charge in [0.15, 0.2) is 0 Å². The summed E-state index contributed by atoms with van der Waals surface area (Å²) >= 11 is 11.9. The molecule has 2 aromatic carbocycles. The summed E-state index contributed by atoms with van der Waals surface area (Å²) in [6, 6.07) is 15.2. The van der Waals surface area contributed by atoms with Crippen LogP contribution < -0.4 is 4.74 Å². The number of hydrogen-bond acceptors (Lipinski definition) is 3. The number of hydrogen-bond donors (Lipinski definition) is 1. The van der Waals surface area contributed by atoms with Crippen LogP contribution in [0.1, 0.15) is 12.5 Å². The molecule has 0 bridgehead atoms. The second kappa shape index (κ2) is 10.8. The standard InChI is InChI=1S/C18H21Cl2NO2.ClH/c1-2-21(11-14-6-4-3-5-7-14)12-16(22)13-23-18-9-8-15(19)10-17(18)20;/h3-10,16,22H,2,11-13H2,1H3;1H. The molecule has 0 saturated heterocycles. The first-order valence-corrected chi connectivity index (χ1v) is 8.36. The van der Waals surface area contributed by atoms with Gasteiger partial charge in [0.1, 0.15) is 18.5 Å². The van der Waals surface area contributed by atoms with Crippen molar-refractivity contribution in [2.45, 2.75) is 19.6 Å². The monoisotopic (exact) mass is 389 g/mol. The van der Waals surface area contributed by atoms with Gasteiger partial charge in [0.2, 0.25) is 0 Å². The Morgan fingerprint density at radius 1 is 1.12 bits per heavy atom. The molecule has 0 fully saturated rings. The van der Waals surface area contributed by atoms with Crippen LogP contribution in [0.5, 0.6) is 5.75 Å². The molecule has 0 spiro atoms. The van der Waals surface area contributed by atoms with E-state index in [1.807, 2.05) is 18.2 Å². The second-order valence-corrected chi connectivity index (χ2v) is 6.20. The highest BCUT2D eigenvalue weighted by molar-refractivity contribution is 6.35. The fourth-order valence-corrected chi connectivity index (χ4v) is 2.74. The van der Waals surface area contributed by atoms with Crippen LogP contribution in [0.3, 0.4) is 0 Å². The van der Waals surface area contributed by atoms with Gasteiger partial charge in [-0.15, -0.1) is 12.4 Å². The molecule has 24 heavy (non-hydrogen) atoms. The van der Waals surface area contributed by atoms with Crippen LogP contribution in [-0.4, -0.2) is 35.8 Å². The average molecular weight is 391 g/mol. The molecule has 1 N–H and O–H groups in total. The van der Waals surface area contributed by atoms with Crippen molar-refractivity contribution in [3.05, 3.63) is 64.1 Å². The highest BCUT2D eigenvalue weighted by atomic mass is 35.5. The van der Waals surface area contributed by atoms with E-state index in [2.05, 4.69) is 24.0 Å². The maximum Gasteiger partial charge on any atom is 0.138 e. The number of rotatable bonds is 8. The summed E-state index contributed by atoms with van der Waals surface area (Å²) in [7, 11) is 0. The molecule has 0 aliphatic heterocycles. The third-order valence-electron chi connectivity index (χ3n) is 3.49. The third-order valence-corrected chi connectivity index (χ3v) is 4.02. The van der Waals surface area contributed by atoms with Crippen molar-refractivity contribution in [2.24, 2.45) is 0 Å². The molecule has 132 valence electrons. The quantitative estimate of drug-likeness (QED) is 0.710. The van der Waals surface area contributed by atoms with Gasteiger partial charge in [-0.3, -0.25) is 4.90 Å². The topological polar surface area (TPSA) is 32.7 Å². The van der Waals surface area contributed by atoms with Gasteiger partial charge in [-0.1, -0.05) is 60.5 Å². The Balaban J connectivity index is 0.00000288. The molecule has 0 radical (unpaired) electrons. The van der Waals surface area contributed by atoms with Crippen LogP contribution in [0, 0.1) is 0 Å². The summed E-state index contributed by atoms with van der Waals surface area (Å²) in [4.78, 5) is 2.17. The van der Waals surface area contributed by atoms with Crippen molar-refractivity contribution >= 4 is 35.6 Å². The van der Waals surface area contributed by atoms with Gasteiger partial charge in [-0.2, -0.15) is 0 Å². The lowest BCUT2D eigenvalue weighted by molar-refractivity contribution is 0.0675. The fourth-order valence-electron chi connectivity index (χ4n) is 2.28. The minimum Gasteiger partial charge on any atom is -0.489 e. The summed E-state index contributed by atoms with van der Waals surface area (Å²) in [5, 5.41) is 11.2. The van der Waals surface area contributed by atoms with Crippen LogP contribution >= 0.6 is 35.6 Å². The SMILES string of the molecule is CCN(Cc1ccccc1)CC(O)COc1ccc(Cl)cc1Cl.Cl. The number of nitrogens with zero attached hydrogens (tertiary/aromatic N) is 1. The van der Waals surface area contributed by atoms with Gasteiger partial charge < -0.3 is 9.84 Å². The molecule has 0 heterocycles. The fraction of sp³-hybridized carbons (Fsp3) is 0.333. The van der Waals surface area contributed by atoms with Gasteiger partial charge in [-0.05, 0) is 30.3 Å². The van der Waals surface area contributed by atoms with E-state index in [0.29, 0.717) is 22.3 Å². The number of benzene rings is 2. The number of likely N-dealkylation sites (N-methyl/N-ethyl adjacent to an activating group) is 1. The van der Waals surface area contributed by atoms with Crippen molar-refractivity contribution in [3.8, 4) is 5.75 Å². The van der Waals surface area contributed by atoms with E-state index in [4.69, 9.17) is 27.9 Å². The maximum atomic E-state index is 10.2. The Hall–Kier alpha value is -0.970. The molecule has 1 unspecified atom stereocenters. The number of aliphatic hydroxyl groups excluding tert-OH is 1. The first kappa shape index (κ1) is 21.1. The Kier molecular flexibility index (Phi) is 9.49. The molecule has 0 saturated carbocycles. The van der Waals surface area contributed by atoms with E-state index in [1.54, 1.807) is 18.2 Å². The molecule has 0 aliphatic carbocycles. The smallest absolute Gasteiger partial charge is 0.138 e. The van der Waals surface area contributed by atoms with Gasteiger partial charge >= 0.3 is 0 Å². The van der Waals surface area contributed by atoms with Crippen molar-refractivity contribution in [1.82, 2.24) is 4.90 Å². The summed E-state index contributed by atoms with van der Waals surface area (Å²) in [6.45, 7) is 4.46. The largest absolute Gasteiger partial charge is 0.489 e. The van der Waals surface area contributed by atoms with E-state index in [9.17, 15) is 5.11 Å². The van der Waals surface area contributed by atoms with Gasteiger partial charge in [0.25, 0.3) is 0 Å². The van der Waals surface area contributed by atoms with Crippen LogP contribution in [0.15, 0.2) is 48.5 Å². The van der Waals surface area contributed by atoms with Crippen LogP contribution in [0.4, 0.5) is 0 Å². The molecule has 2 aromatic rings. The number of aliphatic hydroxyl groups is 1. The highest BCUT2D eigenvalue weighted by Gasteiger charge is 2.12. The third kappa shape index (κ3) is 6.88. The van der Waals surface area contributed by atoms with E-state index >= 15 is 0 Å². The molecule has 1 atom stereocenters. The molecule has 2 rings (SSSR count). The van der Waals surface area contributed by atoms with Crippen molar-refractivity contribution < 1.29 is 9.84 Å². The lowest BCUT2D eigenvalue weighted by Crippen LogP contribution is -2.35. The molecular weight excluding hydrogens is 369 g/mol. The van der Waals surface area contributed by atoms with Crippen LogP contribution in [0.2, 0.25) is 10.0 Å². The lowest BCUT2D eigenvalue weighted by atomic mass is 10.2. The van der Waals surface area contributed by atoms with Crippen LogP contribution in [0.25, 0.3) is 0 Å².